The predicted molar refractivity (Wildman–Crippen MR) is 171 cm³/mol. The van der Waals surface area contributed by atoms with Crippen molar-refractivity contribution in [3.63, 3.8) is 0 Å². The third-order valence-corrected chi connectivity index (χ3v) is 10.9. The maximum Gasteiger partial charge on any atom is 0.416 e. The fourth-order valence-corrected chi connectivity index (χ4v) is 8.73. The zero-order valence-corrected chi connectivity index (χ0v) is 25.8. The molecule has 0 bridgehead atoms. The predicted octanol–water partition coefficient (Wildman–Crippen LogP) is 9.41. The van der Waals surface area contributed by atoms with E-state index in [4.69, 9.17) is 9.47 Å². The maximum atomic E-state index is 16.1. The van der Waals surface area contributed by atoms with Crippen LogP contribution in [0.3, 0.4) is 0 Å². The van der Waals surface area contributed by atoms with Crippen molar-refractivity contribution in [3.8, 4) is 11.5 Å². The highest BCUT2D eigenvalue weighted by atomic mass is 31.2. The van der Waals surface area contributed by atoms with Crippen molar-refractivity contribution in [1.29, 1.82) is 0 Å². The van der Waals surface area contributed by atoms with Crippen molar-refractivity contribution in [2.45, 2.75) is 12.4 Å². The van der Waals surface area contributed by atoms with E-state index in [1.165, 1.54) is 26.4 Å². The van der Waals surface area contributed by atoms with Gasteiger partial charge in [-0.2, -0.15) is 26.3 Å². The standard InChI is InChI=1S/C36H26F6NO3P/c1-45-28-13-16-30(17-14-28)47(44)32-18-15-29(46-2)22-31(32)33(23-9-5-3-6-10-23)34(24-11-7-4-8-12-24)43(47)27-20-25(35(37,38)39)19-26(21-27)36(40,41)42/h3-22H,1-2H3. The molecule has 0 aromatic heterocycles. The Morgan fingerprint density at radius 3 is 1.62 bits per heavy atom. The lowest BCUT2D eigenvalue weighted by atomic mass is 9.92. The molecule has 47 heavy (non-hydrogen) atoms. The molecule has 240 valence electrons. The molecule has 1 atom stereocenters. The molecule has 0 radical (unpaired) electrons. The van der Waals surface area contributed by atoms with Crippen LogP contribution in [0.2, 0.25) is 0 Å². The van der Waals surface area contributed by atoms with Crippen LogP contribution in [0.4, 0.5) is 32.0 Å². The first-order chi connectivity index (χ1) is 22.4. The second kappa shape index (κ2) is 12.0. The topological polar surface area (TPSA) is 38.8 Å². The summed E-state index contributed by atoms with van der Waals surface area (Å²) in [5, 5.41) is 0.365. The van der Waals surface area contributed by atoms with Crippen LogP contribution in [-0.4, -0.2) is 14.2 Å². The number of alkyl halides is 6. The Balaban J connectivity index is 1.84. The molecule has 0 N–H and O–H groups in total. The molecule has 5 aromatic rings. The number of hydrogen-bond donors (Lipinski definition) is 0. The number of methoxy groups -OCH3 is 2. The number of hydrogen-bond acceptors (Lipinski definition) is 3. The molecule has 11 heteroatoms. The first-order valence-corrected chi connectivity index (χ1v) is 15.9. The summed E-state index contributed by atoms with van der Waals surface area (Å²) in [6, 6.07) is 29.5. The minimum Gasteiger partial charge on any atom is -0.497 e. The monoisotopic (exact) mass is 665 g/mol. The largest absolute Gasteiger partial charge is 0.497 e. The van der Waals surface area contributed by atoms with Crippen LogP contribution in [-0.2, 0) is 16.9 Å². The molecule has 5 aromatic carbocycles. The van der Waals surface area contributed by atoms with Gasteiger partial charge in [-0.1, -0.05) is 60.7 Å². The van der Waals surface area contributed by atoms with E-state index in [1.54, 1.807) is 91.0 Å². The summed E-state index contributed by atoms with van der Waals surface area (Å²) in [4.78, 5) is 0. The second-order valence-corrected chi connectivity index (χ2v) is 13.2. The van der Waals surface area contributed by atoms with Crippen molar-refractivity contribution in [2.24, 2.45) is 0 Å². The molecular formula is C36H26F6NO3P. The van der Waals surface area contributed by atoms with Crippen molar-refractivity contribution in [1.82, 2.24) is 0 Å². The number of ether oxygens (including phenoxy) is 2. The van der Waals surface area contributed by atoms with E-state index in [1.807, 2.05) is 0 Å². The molecule has 1 heterocycles. The molecule has 1 aliphatic heterocycles. The lowest BCUT2D eigenvalue weighted by molar-refractivity contribution is -0.143. The van der Waals surface area contributed by atoms with Crippen molar-refractivity contribution in [2.75, 3.05) is 18.9 Å². The number of benzene rings is 5. The smallest absolute Gasteiger partial charge is 0.416 e. The number of nitrogens with zero attached hydrogens (tertiary/aromatic N) is 1. The zero-order valence-electron chi connectivity index (χ0n) is 24.9. The average Bonchev–Trinajstić information content (AvgIpc) is 3.07. The first kappa shape index (κ1) is 32.0. The minimum atomic E-state index is -5.14. The highest BCUT2D eigenvalue weighted by Crippen LogP contribution is 2.61. The number of anilines is 1. The molecule has 0 spiro atoms. The first-order valence-electron chi connectivity index (χ1n) is 14.2. The van der Waals surface area contributed by atoms with Crippen molar-refractivity contribution < 1.29 is 40.4 Å². The summed E-state index contributed by atoms with van der Waals surface area (Å²) < 4.78 is 114. The van der Waals surface area contributed by atoms with Gasteiger partial charge in [-0.05, 0) is 71.8 Å². The Morgan fingerprint density at radius 1 is 0.596 bits per heavy atom. The van der Waals surface area contributed by atoms with Gasteiger partial charge in [-0.15, -0.1) is 0 Å². The molecular weight excluding hydrogens is 639 g/mol. The zero-order chi connectivity index (χ0) is 33.6. The molecule has 0 fully saturated rings. The second-order valence-electron chi connectivity index (χ2n) is 10.7. The molecule has 4 nitrogen and oxygen atoms in total. The van der Waals surface area contributed by atoms with Crippen LogP contribution in [0, 0.1) is 0 Å². The number of fused-ring (bicyclic) bond motifs is 1. The van der Waals surface area contributed by atoms with Crippen LogP contribution in [0.5, 0.6) is 11.5 Å². The van der Waals surface area contributed by atoms with E-state index >= 15 is 4.57 Å². The number of halogens is 6. The van der Waals surface area contributed by atoms with E-state index in [9.17, 15) is 26.3 Å². The summed E-state index contributed by atoms with van der Waals surface area (Å²) in [6.45, 7) is 0. The summed E-state index contributed by atoms with van der Waals surface area (Å²) in [7, 11) is -1.44. The quantitative estimate of drug-likeness (QED) is 0.134. The van der Waals surface area contributed by atoms with E-state index < -0.39 is 36.5 Å². The summed E-state index contributed by atoms with van der Waals surface area (Å²) in [6.07, 6.45) is -10.3. The van der Waals surface area contributed by atoms with Gasteiger partial charge in [0.05, 0.1) is 31.0 Å². The van der Waals surface area contributed by atoms with E-state index in [0.29, 0.717) is 45.9 Å². The van der Waals surface area contributed by atoms with Crippen molar-refractivity contribution in [3.05, 3.63) is 149 Å². The van der Waals surface area contributed by atoms with Gasteiger partial charge in [0, 0.05) is 27.4 Å². The fraction of sp³-hybridized carbons (Fsp3) is 0.111. The molecule has 0 amide bonds. The van der Waals surface area contributed by atoms with Gasteiger partial charge in [0.1, 0.15) is 11.5 Å². The highest BCUT2D eigenvalue weighted by Gasteiger charge is 2.47. The lowest BCUT2D eigenvalue weighted by Crippen LogP contribution is -2.37. The van der Waals surface area contributed by atoms with E-state index in [-0.39, 0.29) is 22.4 Å². The third kappa shape index (κ3) is 5.78. The molecule has 1 aliphatic rings. The highest BCUT2D eigenvalue weighted by molar-refractivity contribution is 7.80. The SMILES string of the molecule is COc1ccc(P2(=O)c3ccc(OC)cc3C(c3ccccc3)=C(c3ccccc3)N2c2cc(C(F)(F)F)cc(C(F)(F)F)c2)cc1. The van der Waals surface area contributed by atoms with Gasteiger partial charge < -0.3 is 9.47 Å². The summed E-state index contributed by atoms with van der Waals surface area (Å²) in [5.41, 5.74) is -1.54. The van der Waals surface area contributed by atoms with Gasteiger partial charge in [0.25, 0.3) is 0 Å². The van der Waals surface area contributed by atoms with Crippen LogP contribution in [0.25, 0.3) is 11.3 Å². The fourth-order valence-electron chi connectivity index (χ4n) is 5.74. The van der Waals surface area contributed by atoms with Crippen molar-refractivity contribution >= 4 is 34.9 Å². The Kier molecular flexibility index (Phi) is 8.18. The molecule has 0 aliphatic carbocycles. The van der Waals surface area contributed by atoms with E-state index in [0.717, 1.165) is 4.67 Å². The molecule has 6 rings (SSSR count). The summed E-state index contributed by atoms with van der Waals surface area (Å²) in [5.74, 6) is 0.832. The minimum absolute atomic E-state index is 0.0641. The van der Waals surface area contributed by atoms with Gasteiger partial charge in [-0.3, -0.25) is 9.24 Å². The van der Waals surface area contributed by atoms with Crippen LogP contribution >= 0.6 is 7.29 Å². The van der Waals surface area contributed by atoms with Crippen LogP contribution in [0.15, 0.2) is 121 Å². The Bertz CT molecular complexity index is 1980. The normalized spacial score (nSPS) is 16.6. The van der Waals surface area contributed by atoms with Gasteiger partial charge in [-0.25, -0.2) is 0 Å². The summed E-state index contributed by atoms with van der Waals surface area (Å²) >= 11 is 0. The third-order valence-electron chi connectivity index (χ3n) is 7.88. The van der Waals surface area contributed by atoms with Gasteiger partial charge >= 0.3 is 12.4 Å². The Labute approximate surface area is 266 Å². The Hall–Kier alpha value is -4.95. The van der Waals surface area contributed by atoms with Crippen LogP contribution in [0.1, 0.15) is 27.8 Å². The number of rotatable bonds is 6. The average molecular weight is 666 g/mol. The molecule has 1 unspecified atom stereocenters. The van der Waals surface area contributed by atoms with E-state index in [2.05, 4.69) is 0 Å². The lowest BCUT2D eigenvalue weighted by Gasteiger charge is -2.42. The molecule has 0 saturated heterocycles. The van der Waals surface area contributed by atoms with Gasteiger partial charge in [0.2, 0.25) is 7.29 Å². The molecule has 0 saturated carbocycles. The van der Waals surface area contributed by atoms with Gasteiger partial charge in [0.15, 0.2) is 0 Å². The van der Waals surface area contributed by atoms with Crippen LogP contribution < -0.4 is 24.8 Å². The Morgan fingerprint density at radius 2 is 1.11 bits per heavy atom. The maximum absolute atomic E-state index is 16.1.